The maximum absolute atomic E-state index is 6.38. The summed E-state index contributed by atoms with van der Waals surface area (Å²) in [5.74, 6) is 1.91. The van der Waals surface area contributed by atoms with Crippen molar-refractivity contribution in [3.05, 3.63) is 170 Å². The number of aromatic nitrogens is 4. The van der Waals surface area contributed by atoms with E-state index >= 15 is 0 Å². The molecule has 10 rings (SSSR count). The first-order valence-corrected chi connectivity index (χ1v) is 16.7. The zero-order chi connectivity index (χ0) is 33.0. The Labute approximate surface area is 287 Å². The average Bonchev–Trinajstić information content (AvgIpc) is 3.74. The molecular weight excluding hydrogens is 613 g/mol. The second kappa shape index (κ2) is 11.4. The lowest BCUT2D eigenvalue weighted by Gasteiger charge is -2.15. The van der Waals surface area contributed by atoms with E-state index in [1.54, 1.807) is 0 Å². The van der Waals surface area contributed by atoms with E-state index in [2.05, 4.69) is 102 Å². The molecule has 3 heterocycles. The zero-order valence-electron chi connectivity index (χ0n) is 26.9. The Bertz CT molecular complexity index is 2810. The Hall–Kier alpha value is -6.85. The van der Waals surface area contributed by atoms with E-state index in [0.717, 1.165) is 66.5 Å². The molecule has 0 aliphatic heterocycles. The van der Waals surface area contributed by atoms with Crippen LogP contribution in [-0.4, -0.2) is 19.5 Å². The molecule has 234 valence electrons. The van der Waals surface area contributed by atoms with Gasteiger partial charge in [0.25, 0.3) is 0 Å². The minimum Gasteiger partial charge on any atom is -0.456 e. The molecule has 7 aromatic carbocycles. The summed E-state index contributed by atoms with van der Waals surface area (Å²) in [6.07, 6.45) is 0. The van der Waals surface area contributed by atoms with Crippen molar-refractivity contribution in [2.75, 3.05) is 0 Å². The third-order valence-corrected chi connectivity index (χ3v) is 9.45. The van der Waals surface area contributed by atoms with Crippen molar-refractivity contribution in [2.24, 2.45) is 0 Å². The summed E-state index contributed by atoms with van der Waals surface area (Å²) in [4.78, 5) is 14.9. The number of furan rings is 1. The van der Waals surface area contributed by atoms with Crippen LogP contribution in [0.15, 0.2) is 174 Å². The highest BCUT2D eigenvalue weighted by atomic mass is 16.3. The van der Waals surface area contributed by atoms with Crippen LogP contribution in [0.1, 0.15) is 0 Å². The normalized spacial score (nSPS) is 11.6. The number of benzene rings is 7. The molecular formula is C45H28N4O. The SMILES string of the molecule is c1ccc(-c2nc(-c3ccccc3)nc(-c3cccc(-c4ccccc4-n4c5ccccc5c5ccc6oc7ccccc7c6c54)c3)n2)cc1. The summed E-state index contributed by atoms with van der Waals surface area (Å²) in [6.45, 7) is 0. The number of rotatable bonds is 5. The minimum atomic E-state index is 0.625. The summed E-state index contributed by atoms with van der Waals surface area (Å²) in [5, 5.41) is 4.61. The maximum Gasteiger partial charge on any atom is 0.164 e. The first kappa shape index (κ1) is 28.2. The van der Waals surface area contributed by atoms with E-state index in [-0.39, 0.29) is 0 Å². The Morgan fingerprint density at radius 1 is 0.400 bits per heavy atom. The van der Waals surface area contributed by atoms with Crippen LogP contribution < -0.4 is 0 Å². The fourth-order valence-corrected chi connectivity index (χ4v) is 7.19. The first-order valence-electron chi connectivity index (χ1n) is 16.7. The Balaban J connectivity index is 1.20. The number of para-hydroxylation sites is 3. The molecule has 0 saturated heterocycles. The molecule has 0 fully saturated rings. The molecule has 5 nitrogen and oxygen atoms in total. The van der Waals surface area contributed by atoms with E-state index in [1.165, 1.54) is 10.8 Å². The van der Waals surface area contributed by atoms with Crippen LogP contribution in [-0.2, 0) is 0 Å². The fourth-order valence-electron chi connectivity index (χ4n) is 7.19. The molecule has 0 spiro atoms. The third kappa shape index (κ3) is 4.52. The van der Waals surface area contributed by atoms with Crippen molar-refractivity contribution >= 4 is 43.7 Å². The zero-order valence-corrected chi connectivity index (χ0v) is 26.9. The number of hydrogen-bond acceptors (Lipinski definition) is 4. The molecule has 0 radical (unpaired) electrons. The van der Waals surface area contributed by atoms with Crippen LogP contribution in [0.2, 0.25) is 0 Å². The van der Waals surface area contributed by atoms with Gasteiger partial charge in [0.1, 0.15) is 11.2 Å². The highest BCUT2D eigenvalue weighted by Crippen LogP contribution is 2.42. The Morgan fingerprint density at radius 2 is 0.980 bits per heavy atom. The van der Waals surface area contributed by atoms with Crippen LogP contribution in [0.4, 0.5) is 0 Å². The van der Waals surface area contributed by atoms with Gasteiger partial charge in [-0.15, -0.1) is 0 Å². The molecule has 0 atom stereocenters. The van der Waals surface area contributed by atoms with Crippen molar-refractivity contribution in [2.45, 2.75) is 0 Å². The van der Waals surface area contributed by atoms with Crippen molar-refractivity contribution in [3.8, 4) is 51.0 Å². The first-order chi connectivity index (χ1) is 24.8. The van der Waals surface area contributed by atoms with E-state index in [4.69, 9.17) is 19.4 Å². The predicted molar refractivity (Wildman–Crippen MR) is 203 cm³/mol. The van der Waals surface area contributed by atoms with Crippen LogP contribution >= 0.6 is 0 Å². The van der Waals surface area contributed by atoms with Crippen LogP contribution in [0.25, 0.3) is 94.7 Å². The van der Waals surface area contributed by atoms with Gasteiger partial charge in [-0.1, -0.05) is 133 Å². The molecule has 0 unspecified atom stereocenters. The summed E-state index contributed by atoms with van der Waals surface area (Å²) in [6, 6.07) is 58.5. The smallest absolute Gasteiger partial charge is 0.164 e. The second-order valence-corrected chi connectivity index (χ2v) is 12.4. The molecule has 0 aliphatic carbocycles. The molecule has 3 aromatic heterocycles. The highest BCUT2D eigenvalue weighted by molar-refractivity contribution is 6.24. The molecule has 0 N–H and O–H groups in total. The van der Waals surface area contributed by atoms with Gasteiger partial charge in [-0.05, 0) is 42.0 Å². The van der Waals surface area contributed by atoms with Crippen LogP contribution in [0, 0.1) is 0 Å². The molecule has 0 saturated carbocycles. The van der Waals surface area contributed by atoms with Crippen LogP contribution in [0.5, 0.6) is 0 Å². The molecule has 0 amide bonds. The molecule has 50 heavy (non-hydrogen) atoms. The number of nitrogens with zero attached hydrogens (tertiary/aromatic N) is 4. The lowest BCUT2D eigenvalue weighted by molar-refractivity contribution is 0.669. The third-order valence-electron chi connectivity index (χ3n) is 9.45. The maximum atomic E-state index is 6.38. The minimum absolute atomic E-state index is 0.625. The predicted octanol–water partition coefficient (Wildman–Crippen LogP) is 11.5. The molecule has 0 bridgehead atoms. The summed E-state index contributed by atoms with van der Waals surface area (Å²) < 4.78 is 8.78. The van der Waals surface area contributed by atoms with Gasteiger partial charge in [0, 0.05) is 38.4 Å². The van der Waals surface area contributed by atoms with E-state index in [1.807, 2.05) is 72.8 Å². The number of hydrogen-bond donors (Lipinski definition) is 0. The summed E-state index contributed by atoms with van der Waals surface area (Å²) in [5.41, 5.74) is 10.1. The lowest BCUT2D eigenvalue weighted by atomic mass is 10.0. The molecule has 10 aromatic rings. The molecule has 0 aliphatic rings. The van der Waals surface area contributed by atoms with Gasteiger partial charge in [0.05, 0.1) is 22.1 Å². The van der Waals surface area contributed by atoms with E-state index in [0.29, 0.717) is 17.5 Å². The highest BCUT2D eigenvalue weighted by Gasteiger charge is 2.21. The summed E-state index contributed by atoms with van der Waals surface area (Å²) >= 11 is 0. The van der Waals surface area contributed by atoms with Gasteiger partial charge in [-0.25, -0.2) is 15.0 Å². The Morgan fingerprint density at radius 3 is 1.74 bits per heavy atom. The molecule has 5 heteroatoms. The standard InChI is InChI=1S/C45H28N4O/c1-3-14-29(15-4-1)43-46-44(30-16-5-2-6-17-30)48-45(47-43)32-19-13-18-31(28-32)33-20-7-10-23-37(33)49-38-24-11-8-21-34(38)35-26-27-40-41(42(35)49)36-22-9-12-25-39(36)50-40/h1-28H. The van der Waals surface area contributed by atoms with Gasteiger partial charge < -0.3 is 8.98 Å². The van der Waals surface area contributed by atoms with Crippen molar-refractivity contribution < 1.29 is 4.42 Å². The van der Waals surface area contributed by atoms with Crippen molar-refractivity contribution in [3.63, 3.8) is 0 Å². The van der Waals surface area contributed by atoms with E-state index < -0.39 is 0 Å². The lowest BCUT2D eigenvalue weighted by Crippen LogP contribution is -2.00. The fraction of sp³-hybridized carbons (Fsp3) is 0. The van der Waals surface area contributed by atoms with Gasteiger partial charge >= 0.3 is 0 Å². The van der Waals surface area contributed by atoms with E-state index in [9.17, 15) is 0 Å². The van der Waals surface area contributed by atoms with Gasteiger partial charge in [0.15, 0.2) is 17.5 Å². The van der Waals surface area contributed by atoms with Crippen LogP contribution in [0.3, 0.4) is 0 Å². The van der Waals surface area contributed by atoms with Gasteiger partial charge in [0.2, 0.25) is 0 Å². The topological polar surface area (TPSA) is 56.7 Å². The van der Waals surface area contributed by atoms with Gasteiger partial charge in [-0.2, -0.15) is 0 Å². The largest absolute Gasteiger partial charge is 0.456 e. The average molecular weight is 641 g/mol. The monoisotopic (exact) mass is 640 g/mol. The van der Waals surface area contributed by atoms with Crippen molar-refractivity contribution in [1.29, 1.82) is 0 Å². The van der Waals surface area contributed by atoms with Gasteiger partial charge in [-0.3, -0.25) is 0 Å². The quantitative estimate of drug-likeness (QED) is 0.188. The Kier molecular flexibility index (Phi) is 6.42. The van der Waals surface area contributed by atoms with Crippen molar-refractivity contribution in [1.82, 2.24) is 19.5 Å². The second-order valence-electron chi connectivity index (χ2n) is 12.4. The summed E-state index contributed by atoms with van der Waals surface area (Å²) in [7, 11) is 0. The number of fused-ring (bicyclic) bond motifs is 7.